The molecule has 1 atom stereocenters. The van der Waals surface area contributed by atoms with E-state index in [4.69, 9.17) is 0 Å². The molecule has 0 bridgehead atoms. The van der Waals surface area contributed by atoms with Crippen LogP contribution < -0.4 is 10.6 Å². The van der Waals surface area contributed by atoms with Crippen LogP contribution in [0, 0.1) is 0 Å². The van der Waals surface area contributed by atoms with Gasteiger partial charge in [-0.1, -0.05) is 48.2 Å². The molecule has 4 rings (SSSR count). The molecule has 2 aromatic carbocycles. The van der Waals surface area contributed by atoms with Gasteiger partial charge in [-0.05, 0) is 41.8 Å². The Kier molecular flexibility index (Phi) is 5.50. The molecule has 0 spiro atoms. The third kappa shape index (κ3) is 4.37. The van der Waals surface area contributed by atoms with Gasteiger partial charge in [0.2, 0.25) is 0 Å². The summed E-state index contributed by atoms with van der Waals surface area (Å²) in [5.41, 5.74) is 4.45. The average molecular weight is 379 g/mol. The fourth-order valence-corrected chi connectivity index (χ4v) is 3.97. The Balaban J connectivity index is 1.32. The number of fused-ring (bicyclic) bond motifs is 1. The van der Waals surface area contributed by atoms with E-state index in [2.05, 4.69) is 50.1 Å². The molecule has 0 fully saturated rings. The number of hydrogen-bond donors (Lipinski definition) is 3. The lowest BCUT2D eigenvalue weighted by molar-refractivity contribution is 0.0949. The minimum atomic E-state index is -0.0470. The Morgan fingerprint density at radius 1 is 1.19 bits per heavy atom. The SMILES string of the molecule is O=C(NCC1NCCc2ccccc21)c1ccc(CSc2ncn[nH]2)cc1. The summed E-state index contributed by atoms with van der Waals surface area (Å²) in [5.74, 6) is 0.731. The highest BCUT2D eigenvalue weighted by atomic mass is 32.2. The largest absolute Gasteiger partial charge is 0.350 e. The molecule has 0 saturated heterocycles. The number of nitrogens with zero attached hydrogens (tertiary/aromatic N) is 2. The molecule has 1 aliphatic heterocycles. The molecule has 1 aromatic heterocycles. The number of carbonyl (C=O) groups excluding carboxylic acids is 1. The normalized spacial score (nSPS) is 15.9. The van der Waals surface area contributed by atoms with E-state index < -0.39 is 0 Å². The van der Waals surface area contributed by atoms with Crippen molar-refractivity contribution >= 4 is 17.7 Å². The van der Waals surface area contributed by atoms with Crippen LogP contribution in [0.1, 0.15) is 33.1 Å². The summed E-state index contributed by atoms with van der Waals surface area (Å²) in [6, 6.07) is 16.3. The van der Waals surface area contributed by atoms with E-state index in [9.17, 15) is 4.79 Å². The number of rotatable bonds is 6. The number of aromatic nitrogens is 3. The minimum absolute atomic E-state index is 0.0470. The lowest BCUT2D eigenvalue weighted by Gasteiger charge is -2.27. The molecule has 1 aliphatic rings. The first kappa shape index (κ1) is 17.8. The van der Waals surface area contributed by atoms with Crippen molar-refractivity contribution in [1.82, 2.24) is 25.8 Å². The smallest absolute Gasteiger partial charge is 0.251 e. The van der Waals surface area contributed by atoms with E-state index in [1.54, 1.807) is 11.8 Å². The molecule has 1 amide bonds. The van der Waals surface area contributed by atoms with E-state index in [1.165, 1.54) is 17.5 Å². The van der Waals surface area contributed by atoms with Gasteiger partial charge < -0.3 is 10.6 Å². The number of hydrogen-bond acceptors (Lipinski definition) is 5. The van der Waals surface area contributed by atoms with Gasteiger partial charge in [0.15, 0.2) is 5.16 Å². The summed E-state index contributed by atoms with van der Waals surface area (Å²) in [6.07, 6.45) is 2.53. The quantitative estimate of drug-likeness (QED) is 0.574. The molecular formula is C20H21N5OS. The summed E-state index contributed by atoms with van der Waals surface area (Å²) in [4.78, 5) is 16.6. The first-order valence-corrected chi connectivity index (χ1v) is 9.94. The van der Waals surface area contributed by atoms with Crippen LogP contribution in [0.15, 0.2) is 60.0 Å². The predicted molar refractivity (Wildman–Crippen MR) is 106 cm³/mol. The van der Waals surface area contributed by atoms with E-state index in [1.807, 2.05) is 24.3 Å². The van der Waals surface area contributed by atoms with Crippen LogP contribution >= 0.6 is 11.8 Å². The molecule has 3 N–H and O–H groups in total. The lowest BCUT2D eigenvalue weighted by Crippen LogP contribution is -2.38. The second-order valence-electron chi connectivity index (χ2n) is 6.44. The van der Waals surface area contributed by atoms with E-state index in [-0.39, 0.29) is 11.9 Å². The van der Waals surface area contributed by atoms with Crippen molar-refractivity contribution in [3.63, 3.8) is 0 Å². The fourth-order valence-electron chi connectivity index (χ4n) is 3.24. The summed E-state index contributed by atoms with van der Waals surface area (Å²) in [6.45, 7) is 1.52. The van der Waals surface area contributed by atoms with Crippen LogP contribution in [0.3, 0.4) is 0 Å². The molecule has 1 unspecified atom stereocenters. The van der Waals surface area contributed by atoms with Gasteiger partial charge in [0.25, 0.3) is 5.91 Å². The molecular weight excluding hydrogens is 358 g/mol. The van der Waals surface area contributed by atoms with Gasteiger partial charge in [-0.15, -0.1) is 0 Å². The van der Waals surface area contributed by atoms with Gasteiger partial charge in [0.05, 0.1) is 0 Å². The summed E-state index contributed by atoms with van der Waals surface area (Å²) < 4.78 is 0. The molecule has 3 aromatic rings. The van der Waals surface area contributed by atoms with Crippen molar-refractivity contribution in [2.75, 3.05) is 13.1 Å². The van der Waals surface area contributed by atoms with E-state index in [0.717, 1.165) is 29.4 Å². The Morgan fingerprint density at radius 3 is 2.85 bits per heavy atom. The first-order valence-electron chi connectivity index (χ1n) is 8.96. The molecule has 7 heteroatoms. The van der Waals surface area contributed by atoms with Gasteiger partial charge in [-0.2, -0.15) is 5.10 Å². The van der Waals surface area contributed by atoms with Gasteiger partial charge in [-0.3, -0.25) is 9.89 Å². The number of aromatic amines is 1. The van der Waals surface area contributed by atoms with Crippen molar-refractivity contribution in [3.8, 4) is 0 Å². The Hall–Kier alpha value is -2.64. The highest BCUT2D eigenvalue weighted by Crippen LogP contribution is 2.22. The van der Waals surface area contributed by atoms with Gasteiger partial charge in [0, 0.05) is 23.9 Å². The summed E-state index contributed by atoms with van der Waals surface area (Å²) in [5, 5.41) is 14.0. The van der Waals surface area contributed by atoms with E-state index >= 15 is 0 Å². The second kappa shape index (κ2) is 8.37. The Bertz CT molecular complexity index is 895. The van der Waals surface area contributed by atoms with Crippen LogP contribution in [0.5, 0.6) is 0 Å². The molecule has 27 heavy (non-hydrogen) atoms. The monoisotopic (exact) mass is 379 g/mol. The summed E-state index contributed by atoms with van der Waals surface area (Å²) in [7, 11) is 0. The fraction of sp³-hybridized carbons (Fsp3) is 0.250. The maximum Gasteiger partial charge on any atom is 0.251 e. The van der Waals surface area contributed by atoms with Crippen LogP contribution in [0.4, 0.5) is 0 Å². The van der Waals surface area contributed by atoms with Crippen LogP contribution in [-0.2, 0) is 12.2 Å². The maximum absolute atomic E-state index is 12.5. The topological polar surface area (TPSA) is 82.7 Å². The van der Waals surface area contributed by atoms with Crippen LogP contribution in [0.2, 0.25) is 0 Å². The third-order valence-electron chi connectivity index (χ3n) is 4.67. The van der Waals surface area contributed by atoms with E-state index in [0.29, 0.717) is 12.1 Å². The van der Waals surface area contributed by atoms with Crippen molar-refractivity contribution in [2.45, 2.75) is 23.4 Å². The van der Waals surface area contributed by atoms with Crippen molar-refractivity contribution in [1.29, 1.82) is 0 Å². The zero-order valence-corrected chi connectivity index (χ0v) is 15.6. The van der Waals surface area contributed by atoms with Crippen molar-refractivity contribution in [2.24, 2.45) is 0 Å². The number of thioether (sulfide) groups is 1. The first-order chi connectivity index (χ1) is 13.3. The number of nitrogens with one attached hydrogen (secondary N) is 3. The van der Waals surface area contributed by atoms with Gasteiger partial charge in [-0.25, -0.2) is 4.98 Å². The standard InChI is InChI=1S/C20H21N5OS/c26-19(22-11-18-17-4-2-1-3-15(17)9-10-21-18)16-7-5-14(6-8-16)12-27-20-23-13-24-25-20/h1-8,13,18,21H,9-12H2,(H,22,26)(H,23,24,25). The van der Waals surface area contributed by atoms with Crippen molar-refractivity contribution in [3.05, 3.63) is 77.1 Å². The van der Waals surface area contributed by atoms with Crippen LogP contribution in [-0.4, -0.2) is 34.2 Å². The zero-order valence-electron chi connectivity index (χ0n) is 14.8. The highest BCUT2D eigenvalue weighted by Gasteiger charge is 2.19. The van der Waals surface area contributed by atoms with Gasteiger partial charge >= 0.3 is 0 Å². The average Bonchev–Trinajstić information content (AvgIpc) is 3.24. The van der Waals surface area contributed by atoms with Crippen LogP contribution in [0.25, 0.3) is 0 Å². The third-order valence-corrected chi connectivity index (χ3v) is 5.61. The number of benzene rings is 2. The molecule has 0 radical (unpaired) electrons. The molecule has 0 saturated carbocycles. The Morgan fingerprint density at radius 2 is 2.04 bits per heavy atom. The highest BCUT2D eigenvalue weighted by molar-refractivity contribution is 7.98. The molecule has 138 valence electrons. The Labute approximate surface area is 162 Å². The predicted octanol–water partition coefficient (Wildman–Crippen LogP) is 2.71. The number of H-pyrrole nitrogens is 1. The number of amides is 1. The minimum Gasteiger partial charge on any atom is -0.350 e. The molecule has 0 aliphatic carbocycles. The molecule has 6 nitrogen and oxygen atoms in total. The second-order valence-corrected chi connectivity index (χ2v) is 7.41. The zero-order chi connectivity index (χ0) is 18.5. The van der Waals surface area contributed by atoms with Gasteiger partial charge in [0.1, 0.15) is 6.33 Å². The lowest BCUT2D eigenvalue weighted by atomic mass is 9.94. The number of carbonyl (C=O) groups is 1. The summed E-state index contributed by atoms with van der Waals surface area (Å²) >= 11 is 1.58. The maximum atomic E-state index is 12.5. The molecule has 2 heterocycles. The van der Waals surface area contributed by atoms with Crippen molar-refractivity contribution < 1.29 is 4.79 Å².